The summed E-state index contributed by atoms with van der Waals surface area (Å²) >= 11 is 0. The first kappa shape index (κ1) is 23.0. The van der Waals surface area contributed by atoms with Crippen LogP contribution in [-0.4, -0.2) is 69.9 Å². The maximum absolute atomic E-state index is 14.1. The molecule has 3 heterocycles. The summed E-state index contributed by atoms with van der Waals surface area (Å²) < 4.78 is 52.7. The Morgan fingerprint density at radius 3 is 2.24 bits per heavy atom. The number of hydrogen-bond acceptors (Lipinski definition) is 7. The second-order valence-corrected chi connectivity index (χ2v) is 11.0. The van der Waals surface area contributed by atoms with Crippen molar-refractivity contribution >= 4 is 9.84 Å². The molecule has 3 saturated heterocycles. The van der Waals surface area contributed by atoms with Crippen LogP contribution in [0.15, 0.2) is 65.6 Å². The minimum absolute atomic E-state index is 0.234. The summed E-state index contributed by atoms with van der Waals surface area (Å²) in [6.45, 7) is 1.85. The zero-order valence-electron chi connectivity index (χ0n) is 18.8. The van der Waals surface area contributed by atoms with Crippen molar-refractivity contribution in [3.8, 4) is 0 Å². The van der Waals surface area contributed by atoms with Crippen LogP contribution in [0.25, 0.3) is 0 Å². The molecule has 8 heteroatoms. The molecule has 0 saturated carbocycles. The summed E-state index contributed by atoms with van der Waals surface area (Å²) in [5.41, 5.74) is 0.857. The number of hydrogen-bond donors (Lipinski definition) is 0. The van der Waals surface area contributed by atoms with Gasteiger partial charge in [-0.1, -0.05) is 55.0 Å². The van der Waals surface area contributed by atoms with Gasteiger partial charge in [-0.3, -0.25) is 4.90 Å². The van der Waals surface area contributed by atoms with E-state index in [1.54, 1.807) is 31.4 Å². The average Bonchev–Trinajstić information content (AvgIpc) is 2.88. The van der Waals surface area contributed by atoms with Gasteiger partial charge in [-0.15, -0.1) is 0 Å². The Kier molecular flexibility index (Phi) is 6.83. The molecule has 0 amide bonds. The Morgan fingerprint density at radius 1 is 0.909 bits per heavy atom. The number of rotatable bonds is 5. The first-order chi connectivity index (χ1) is 16.1. The Morgan fingerprint density at radius 2 is 1.58 bits per heavy atom. The first-order valence-corrected chi connectivity index (χ1v) is 13.2. The lowest BCUT2D eigenvalue weighted by atomic mass is 9.95. The lowest BCUT2D eigenvalue weighted by Gasteiger charge is -2.52. The average molecular weight is 474 g/mol. The summed E-state index contributed by atoms with van der Waals surface area (Å²) in [6, 6.07) is 17.8. The van der Waals surface area contributed by atoms with Crippen LogP contribution in [0, 0.1) is 0 Å². The highest BCUT2D eigenvalue weighted by molar-refractivity contribution is 7.92. The van der Waals surface area contributed by atoms with Crippen LogP contribution in [0.5, 0.6) is 0 Å². The van der Waals surface area contributed by atoms with Crippen molar-refractivity contribution in [3.63, 3.8) is 0 Å². The maximum Gasteiger partial charge on any atom is 0.185 e. The van der Waals surface area contributed by atoms with E-state index in [-0.39, 0.29) is 6.61 Å². The molecular formula is C25H31NO6S. The van der Waals surface area contributed by atoms with Crippen LogP contribution < -0.4 is 0 Å². The highest BCUT2D eigenvalue weighted by Crippen LogP contribution is 2.40. The highest BCUT2D eigenvalue weighted by Gasteiger charge is 2.57. The molecule has 2 aromatic rings. The highest BCUT2D eigenvalue weighted by atomic mass is 32.2. The van der Waals surface area contributed by atoms with Gasteiger partial charge in [-0.2, -0.15) is 0 Å². The standard InChI is InChI=1S/C25H31NO6S/c1-29-25-21(26-15-9-4-10-16-26)23(33(27,28)19-13-7-3-8-14-19)22-20(31-25)17-30-24(32-22)18-11-5-2-6-12-18/h2-3,5-8,11-14,20-25H,4,9-10,15-17H2,1H3/t20-,21-,22-,23-,24-,25+/m1/s1. The zero-order chi connectivity index (χ0) is 22.8. The maximum atomic E-state index is 14.1. The zero-order valence-corrected chi connectivity index (χ0v) is 19.6. The molecule has 0 bridgehead atoms. The molecule has 5 rings (SSSR count). The predicted octanol–water partition coefficient (Wildman–Crippen LogP) is 3.17. The van der Waals surface area contributed by atoms with Crippen molar-refractivity contribution in [2.75, 3.05) is 26.8 Å². The molecule has 0 spiro atoms. The third kappa shape index (κ3) is 4.48. The fourth-order valence-corrected chi connectivity index (χ4v) is 7.37. The van der Waals surface area contributed by atoms with Crippen LogP contribution in [0.1, 0.15) is 31.1 Å². The van der Waals surface area contributed by atoms with Crippen molar-refractivity contribution in [1.82, 2.24) is 4.90 Å². The lowest BCUT2D eigenvalue weighted by Crippen LogP contribution is -2.69. The number of fused-ring (bicyclic) bond motifs is 1. The van der Waals surface area contributed by atoms with Gasteiger partial charge in [0.25, 0.3) is 0 Å². The molecule has 3 aliphatic heterocycles. The van der Waals surface area contributed by atoms with Gasteiger partial charge in [-0.05, 0) is 38.1 Å². The summed E-state index contributed by atoms with van der Waals surface area (Å²) in [6.07, 6.45) is 0.626. The van der Waals surface area contributed by atoms with Gasteiger partial charge in [0.15, 0.2) is 22.4 Å². The van der Waals surface area contributed by atoms with Crippen molar-refractivity contribution < 1.29 is 27.4 Å². The molecule has 0 unspecified atom stereocenters. The van der Waals surface area contributed by atoms with Gasteiger partial charge in [-0.25, -0.2) is 8.42 Å². The van der Waals surface area contributed by atoms with Gasteiger partial charge in [0.2, 0.25) is 0 Å². The van der Waals surface area contributed by atoms with Crippen LogP contribution in [0.3, 0.4) is 0 Å². The normalized spacial score (nSPS) is 33.4. The molecule has 0 aliphatic carbocycles. The third-order valence-corrected chi connectivity index (χ3v) is 9.05. The van der Waals surface area contributed by atoms with Gasteiger partial charge >= 0.3 is 0 Å². The molecule has 6 atom stereocenters. The smallest absolute Gasteiger partial charge is 0.185 e. The minimum atomic E-state index is -3.76. The molecular weight excluding hydrogens is 442 g/mol. The van der Waals surface area contributed by atoms with Crippen LogP contribution in [0.2, 0.25) is 0 Å². The number of benzene rings is 2. The Labute approximate surface area is 195 Å². The van der Waals surface area contributed by atoms with E-state index in [0.717, 1.165) is 37.9 Å². The van der Waals surface area contributed by atoms with E-state index in [1.165, 1.54) is 0 Å². The number of likely N-dealkylation sites (tertiary alicyclic amines) is 1. The van der Waals surface area contributed by atoms with Crippen LogP contribution in [0.4, 0.5) is 0 Å². The fraction of sp³-hybridized carbons (Fsp3) is 0.520. The Bertz CT molecular complexity index is 1010. The summed E-state index contributed by atoms with van der Waals surface area (Å²) in [7, 11) is -2.19. The Balaban J connectivity index is 1.56. The SMILES string of the molecule is CO[C@H]1O[C@@H]2CO[C@@H](c3ccccc3)O[C@H]2[C@H](S(=O)(=O)c2ccccc2)[C@H]1N1CCCCC1. The molecule has 0 aromatic heterocycles. The van der Waals surface area contributed by atoms with Crippen LogP contribution in [-0.2, 0) is 28.8 Å². The van der Waals surface area contributed by atoms with Gasteiger partial charge < -0.3 is 18.9 Å². The molecule has 3 fully saturated rings. The molecule has 7 nitrogen and oxygen atoms in total. The number of methoxy groups -OCH3 is 1. The molecule has 178 valence electrons. The quantitative estimate of drug-likeness (QED) is 0.660. The van der Waals surface area contributed by atoms with E-state index >= 15 is 0 Å². The van der Waals surface area contributed by atoms with Gasteiger partial charge in [0.05, 0.1) is 17.5 Å². The second-order valence-electron chi connectivity index (χ2n) is 8.87. The summed E-state index contributed by atoms with van der Waals surface area (Å²) in [5, 5.41) is -0.850. The fourth-order valence-electron chi connectivity index (χ4n) is 5.26. The number of ether oxygens (including phenoxy) is 4. The largest absolute Gasteiger partial charge is 0.354 e. The van der Waals surface area contributed by atoms with E-state index in [1.807, 2.05) is 36.4 Å². The minimum Gasteiger partial charge on any atom is -0.354 e. The van der Waals surface area contributed by atoms with E-state index in [9.17, 15) is 8.42 Å². The van der Waals surface area contributed by atoms with Gasteiger partial charge in [0.1, 0.15) is 17.5 Å². The van der Waals surface area contributed by atoms with Crippen molar-refractivity contribution in [2.24, 2.45) is 0 Å². The summed E-state index contributed by atoms with van der Waals surface area (Å²) in [5.74, 6) is 0. The molecule has 0 N–H and O–H groups in total. The summed E-state index contributed by atoms with van der Waals surface area (Å²) in [4.78, 5) is 2.51. The first-order valence-electron chi connectivity index (χ1n) is 11.6. The number of piperidine rings is 1. The van der Waals surface area contributed by atoms with Crippen LogP contribution >= 0.6 is 0 Å². The van der Waals surface area contributed by atoms with E-state index in [4.69, 9.17) is 18.9 Å². The lowest BCUT2D eigenvalue weighted by molar-refractivity contribution is -0.325. The molecule has 3 aliphatic rings. The van der Waals surface area contributed by atoms with Crippen molar-refractivity contribution in [1.29, 1.82) is 0 Å². The number of nitrogens with zero attached hydrogens (tertiary/aromatic N) is 1. The molecule has 2 aromatic carbocycles. The topological polar surface area (TPSA) is 74.3 Å². The monoisotopic (exact) mass is 473 g/mol. The van der Waals surface area contributed by atoms with Gasteiger partial charge in [0, 0.05) is 12.7 Å². The van der Waals surface area contributed by atoms with Crippen molar-refractivity contribution in [3.05, 3.63) is 66.2 Å². The third-order valence-electron chi connectivity index (χ3n) is 6.85. The van der Waals surface area contributed by atoms with E-state index < -0.39 is 45.9 Å². The predicted molar refractivity (Wildman–Crippen MR) is 122 cm³/mol. The van der Waals surface area contributed by atoms with E-state index in [0.29, 0.717) is 4.90 Å². The van der Waals surface area contributed by atoms with Crippen molar-refractivity contribution in [2.45, 2.75) is 60.2 Å². The molecule has 33 heavy (non-hydrogen) atoms. The Hall–Kier alpha value is -1.81. The van der Waals surface area contributed by atoms with E-state index in [2.05, 4.69) is 4.90 Å². The second kappa shape index (κ2) is 9.82. The number of sulfone groups is 1. The molecule has 0 radical (unpaired) electrons.